The van der Waals surface area contributed by atoms with Gasteiger partial charge in [-0.15, -0.1) is 5.10 Å². The summed E-state index contributed by atoms with van der Waals surface area (Å²) in [5.41, 5.74) is 4.23. The van der Waals surface area contributed by atoms with Crippen molar-refractivity contribution in [3.63, 3.8) is 0 Å². The molecule has 302 valence electrons. The first kappa shape index (κ1) is 39.7. The van der Waals surface area contributed by atoms with E-state index in [9.17, 15) is 9.90 Å². The van der Waals surface area contributed by atoms with Crippen molar-refractivity contribution in [1.29, 1.82) is 0 Å². The summed E-state index contributed by atoms with van der Waals surface area (Å²) in [6.45, 7) is 8.55. The molecule has 58 heavy (non-hydrogen) atoms. The number of hydrogen-bond donors (Lipinski definition) is 1. The number of amides is 2. The molecule has 2 saturated heterocycles. The van der Waals surface area contributed by atoms with Crippen molar-refractivity contribution in [2.75, 3.05) is 30.1 Å². The zero-order chi connectivity index (χ0) is 40.4. The monoisotopic (exact) mass is 797 g/mol. The molecule has 10 nitrogen and oxygen atoms in total. The highest BCUT2D eigenvalue weighted by Gasteiger charge is 2.66. The third-order valence-corrected chi connectivity index (χ3v) is 17.4. The van der Waals surface area contributed by atoms with Crippen LogP contribution in [0.15, 0.2) is 109 Å². The Labute approximate surface area is 342 Å². The van der Waals surface area contributed by atoms with Crippen molar-refractivity contribution in [1.82, 2.24) is 15.0 Å². The van der Waals surface area contributed by atoms with E-state index in [4.69, 9.17) is 9.47 Å². The Morgan fingerprint density at radius 2 is 1.69 bits per heavy atom. The van der Waals surface area contributed by atoms with Gasteiger partial charge in [0, 0.05) is 42.9 Å². The molecule has 1 aromatic heterocycles. The summed E-state index contributed by atoms with van der Waals surface area (Å²) in [5, 5.41) is 20.6. The number of aromatic nitrogens is 3. The van der Waals surface area contributed by atoms with Crippen molar-refractivity contribution in [2.45, 2.75) is 94.8 Å². The average Bonchev–Trinajstić information content (AvgIpc) is 3.89. The maximum Gasteiger partial charge on any atom is 0.264 e. The van der Waals surface area contributed by atoms with Crippen LogP contribution in [0.2, 0.25) is 18.6 Å². The number of benzene rings is 4. The number of aliphatic hydroxyl groups is 1. The Hall–Kier alpha value is -5.10. The van der Waals surface area contributed by atoms with Gasteiger partial charge in [0.15, 0.2) is 5.60 Å². The lowest BCUT2D eigenvalue weighted by Gasteiger charge is -2.37. The summed E-state index contributed by atoms with van der Waals surface area (Å²) in [6, 6.07) is 34.6. The van der Waals surface area contributed by atoms with Crippen molar-refractivity contribution in [3.8, 4) is 5.75 Å². The van der Waals surface area contributed by atoms with Gasteiger partial charge in [-0.2, -0.15) is 0 Å². The predicted molar refractivity (Wildman–Crippen MR) is 229 cm³/mol. The van der Waals surface area contributed by atoms with Gasteiger partial charge in [0.25, 0.3) is 5.91 Å². The maximum atomic E-state index is 15.4. The zero-order valence-electron chi connectivity index (χ0n) is 34.1. The minimum absolute atomic E-state index is 0.0438. The topological polar surface area (TPSA) is 110 Å². The second-order valence-electron chi connectivity index (χ2n) is 16.8. The van der Waals surface area contributed by atoms with Gasteiger partial charge in [-0.1, -0.05) is 116 Å². The third kappa shape index (κ3) is 7.28. The van der Waals surface area contributed by atoms with Gasteiger partial charge >= 0.3 is 0 Å². The molecule has 5 aromatic rings. The van der Waals surface area contributed by atoms with E-state index < -0.39 is 13.7 Å². The Morgan fingerprint density at radius 1 is 0.931 bits per heavy atom. The molecule has 0 saturated carbocycles. The van der Waals surface area contributed by atoms with Gasteiger partial charge in [0.2, 0.25) is 5.91 Å². The molecule has 3 aliphatic rings. The molecule has 1 N–H and O–H groups in total. The van der Waals surface area contributed by atoms with Gasteiger partial charge in [-0.25, -0.2) is 0 Å². The van der Waals surface area contributed by atoms with Gasteiger partial charge in [0.05, 0.1) is 51.7 Å². The number of carbonyl (C=O) groups excluding carboxylic acids is 2. The van der Waals surface area contributed by atoms with Crippen molar-refractivity contribution in [3.05, 3.63) is 132 Å². The summed E-state index contributed by atoms with van der Waals surface area (Å²) >= 11 is 0. The van der Waals surface area contributed by atoms with E-state index in [2.05, 4.69) is 60.7 Å². The van der Waals surface area contributed by atoms with Crippen LogP contribution in [0, 0.1) is 5.92 Å². The SMILES string of the molecule is COc1ccc([Si](C)(C)[C@@H]2[C@@H](CCn3cc(C(CO)c4ccccc4)nn3)O[C@]3(C(=O)N(Cc4cccc(N5CCCCCCC5=O)c4)c4ccccc43)[C@H]2C)cc1. The fraction of sp³-hybridized carbons (Fsp3) is 0.404. The quantitative estimate of drug-likeness (QED) is 0.130. The molecule has 1 unspecified atom stereocenters. The van der Waals surface area contributed by atoms with Crippen molar-refractivity contribution >= 4 is 36.4 Å². The molecule has 11 heteroatoms. The molecule has 4 aromatic carbocycles. The van der Waals surface area contributed by atoms with Crippen LogP contribution in [0.5, 0.6) is 5.75 Å². The van der Waals surface area contributed by atoms with E-state index in [-0.39, 0.29) is 41.9 Å². The van der Waals surface area contributed by atoms with Gasteiger partial charge in [0.1, 0.15) is 5.75 Å². The molecule has 0 radical (unpaired) electrons. The second kappa shape index (κ2) is 16.6. The molecule has 5 atom stereocenters. The molecule has 1 spiro atoms. The first-order valence-electron chi connectivity index (χ1n) is 20.8. The predicted octanol–water partition coefficient (Wildman–Crippen LogP) is 7.56. The molecule has 8 rings (SSSR count). The standard InChI is InChI=1S/C47H55N5O5Si/c1-33-45(58(3,4)38-24-22-37(56-2)23-25-38)43(26-28-50-31-41(48-49-50)39(32-53)35-16-8-7-9-17-35)57-47(33)40-19-11-12-20-42(40)52(46(47)55)30-34-15-14-18-36(29-34)51-27-13-6-5-10-21-44(51)54/h7-9,11-12,14-20,22-25,29,31,33,39,43,45,53H,5-6,10,13,21,26-28,30,32H2,1-4H3/t33-,39?,43+,45-,47+/m0/s1. The maximum absolute atomic E-state index is 15.4. The van der Waals surface area contributed by atoms with Crippen LogP contribution in [0.4, 0.5) is 11.4 Å². The Balaban J connectivity index is 1.12. The lowest BCUT2D eigenvalue weighted by atomic mass is 9.82. The number of aryl methyl sites for hydroxylation is 1. The smallest absolute Gasteiger partial charge is 0.264 e. The number of aliphatic hydroxyl groups excluding tert-OH is 1. The Kier molecular flexibility index (Phi) is 11.4. The van der Waals surface area contributed by atoms with E-state index in [1.807, 2.05) is 93.5 Å². The molecule has 0 bridgehead atoms. The number of carbonyl (C=O) groups is 2. The first-order valence-corrected chi connectivity index (χ1v) is 23.9. The highest BCUT2D eigenvalue weighted by atomic mass is 28.3. The Bertz CT molecular complexity index is 2230. The Morgan fingerprint density at radius 3 is 2.47 bits per heavy atom. The molecule has 2 amide bonds. The van der Waals surface area contributed by atoms with Crippen molar-refractivity contribution in [2.24, 2.45) is 5.92 Å². The zero-order valence-corrected chi connectivity index (χ0v) is 35.1. The first-order chi connectivity index (χ1) is 28.1. The summed E-state index contributed by atoms with van der Waals surface area (Å²) < 4.78 is 14.8. The summed E-state index contributed by atoms with van der Waals surface area (Å²) in [7, 11) is -0.674. The highest BCUT2D eigenvalue weighted by molar-refractivity contribution is 6.91. The van der Waals surface area contributed by atoms with Gasteiger partial charge < -0.3 is 24.4 Å². The summed E-state index contributed by atoms with van der Waals surface area (Å²) in [4.78, 5) is 32.4. The number of para-hydroxylation sites is 1. The normalized spacial score (nSPS) is 22.9. The van der Waals surface area contributed by atoms with Crippen LogP contribution in [-0.4, -0.2) is 66.4 Å². The van der Waals surface area contributed by atoms with E-state index in [0.717, 1.165) is 59.5 Å². The molecular formula is C47H55N5O5Si. The third-order valence-electron chi connectivity index (χ3n) is 13.1. The summed E-state index contributed by atoms with van der Waals surface area (Å²) in [6.07, 6.45) is 6.99. The van der Waals surface area contributed by atoms with Crippen LogP contribution < -0.4 is 19.7 Å². The number of methoxy groups -OCH3 is 1. The van der Waals surface area contributed by atoms with Crippen molar-refractivity contribution < 1.29 is 24.2 Å². The minimum Gasteiger partial charge on any atom is -0.497 e. The van der Waals surface area contributed by atoms with E-state index in [1.54, 1.807) is 7.11 Å². The van der Waals surface area contributed by atoms with Gasteiger partial charge in [-0.3, -0.25) is 14.3 Å². The lowest BCUT2D eigenvalue weighted by Crippen LogP contribution is -2.51. The highest BCUT2D eigenvalue weighted by Crippen LogP contribution is 2.60. The van der Waals surface area contributed by atoms with Crippen LogP contribution in [0.3, 0.4) is 0 Å². The van der Waals surface area contributed by atoms with Crippen LogP contribution >= 0.6 is 0 Å². The van der Waals surface area contributed by atoms with E-state index in [0.29, 0.717) is 38.2 Å². The van der Waals surface area contributed by atoms with Crippen LogP contribution in [-0.2, 0) is 33.0 Å². The minimum atomic E-state index is -2.36. The molecular weight excluding hydrogens is 743 g/mol. The fourth-order valence-corrected chi connectivity index (χ4v) is 14.1. The number of hydrogen-bond acceptors (Lipinski definition) is 7. The van der Waals surface area contributed by atoms with E-state index in [1.165, 1.54) is 5.19 Å². The average molecular weight is 798 g/mol. The molecule has 3 aliphatic heterocycles. The number of ether oxygens (including phenoxy) is 2. The van der Waals surface area contributed by atoms with Crippen LogP contribution in [0.25, 0.3) is 0 Å². The molecule has 0 aliphatic carbocycles. The molecule has 4 heterocycles. The number of rotatable bonds is 12. The second-order valence-corrected chi connectivity index (χ2v) is 21.5. The molecule has 2 fully saturated rings. The van der Waals surface area contributed by atoms with Gasteiger partial charge in [-0.05, 0) is 66.3 Å². The lowest BCUT2D eigenvalue weighted by molar-refractivity contribution is -0.146. The van der Waals surface area contributed by atoms with E-state index >= 15 is 4.79 Å². The van der Waals surface area contributed by atoms with Crippen LogP contribution in [0.1, 0.15) is 73.8 Å². The number of anilines is 2. The number of fused-ring (bicyclic) bond motifs is 2. The summed E-state index contributed by atoms with van der Waals surface area (Å²) in [5.74, 6) is 0.514. The largest absolute Gasteiger partial charge is 0.497 e. The fourth-order valence-electron chi connectivity index (χ4n) is 10.0. The number of nitrogens with zero attached hydrogens (tertiary/aromatic N) is 5.